The smallest absolute Gasteiger partial charge is 0.343 e. The Morgan fingerprint density at radius 2 is 1.20 bits per heavy atom. The summed E-state index contributed by atoms with van der Waals surface area (Å²) in [5.41, 5.74) is 1.21. The van der Waals surface area contributed by atoms with Gasteiger partial charge in [-0.3, -0.25) is 9.59 Å². The predicted molar refractivity (Wildman–Crippen MR) is 237 cm³/mol. The minimum absolute atomic E-state index is 0.0817. The van der Waals surface area contributed by atoms with Gasteiger partial charge in [0.2, 0.25) is 0 Å². The molecule has 1 aliphatic carbocycles. The molecule has 0 spiro atoms. The third-order valence-corrected chi connectivity index (χ3v) is 11.8. The molecule has 1 saturated carbocycles. The van der Waals surface area contributed by atoms with Gasteiger partial charge in [-0.1, -0.05) is 121 Å². The van der Waals surface area contributed by atoms with Crippen LogP contribution in [0.4, 0.5) is 0 Å². The molecular formula is C52H66O8. The molecule has 60 heavy (non-hydrogen) atoms. The van der Waals surface area contributed by atoms with E-state index in [1.165, 1.54) is 63.9 Å². The number of carbonyl (C=O) groups excluding carboxylic acids is 3. The average molecular weight is 819 g/mol. The Morgan fingerprint density at radius 3 is 1.83 bits per heavy atom. The van der Waals surface area contributed by atoms with E-state index in [0.29, 0.717) is 59.7 Å². The van der Waals surface area contributed by atoms with Gasteiger partial charge in [-0.15, -0.1) is 0 Å². The summed E-state index contributed by atoms with van der Waals surface area (Å²) in [5, 5.41) is 10.4. The number of unbranched alkanes of at least 4 members (excludes halogenated alkanes) is 7. The normalized spacial score (nSPS) is 15.5. The zero-order valence-corrected chi connectivity index (χ0v) is 35.9. The molecule has 4 aromatic rings. The van der Waals surface area contributed by atoms with Gasteiger partial charge in [0.25, 0.3) is 0 Å². The molecule has 0 amide bonds. The number of hydrogen-bond donors (Lipinski definition) is 1. The Kier molecular flexibility index (Phi) is 19.5. The van der Waals surface area contributed by atoms with E-state index >= 15 is 0 Å². The quantitative estimate of drug-likeness (QED) is 0.0289. The van der Waals surface area contributed by atoms with Gasteiger partial charge >= 0.3 is 11.9 Å². The Labute approximate surface area is 358 Å². The average Bonchev–Trinajstić information content (AvgIpc) is 3.27. The van der Waals surface area contributed by atoms with Crippen LogP contribution in [0.3, 0.4) is 0 Å². The third kappa shape index (κ3) is 15.5. The second kappa shape index (κ2) is 25.5. The van der Waals surface area contributed by atoms with Crippen LogP contribution in [-0.2, 0) is 4.79 Å². The van der Waals surface area contributed by atoms with Gasteiger partial charge in [0.1, 0.15) is 28.7 Å². The second-order valence-corrected chi connectivity index (χ2v) is 16.4. The lowest BCUT2D eigenvalue weighted by Gasteiger charge is -2.34. The fraction of sp³-hybridized carbons (Fsp3) is 0.481. The van der Waals surface area contributed by atoms with Crippen molar-refractivity contribution >= 4 is 17.7 Å². The van der Waals surface area contributed by atoms with Crippen molar-refractivity contribution in [3.8, 4) is 28.7 Å². The minimum atomic E-state index is -0.472. The van der Waals surface area contributed by atoms with E-state index in [0.717, 1.165) is 63.2 Å². The van der Waals surface area contributed by atoms with Crippen LogP contribution in [0.1, 0.15) is 156 Å². The number of ether oxygens (including phenoxy) is 4. The highest BCUT2D eigenvalue weighted by Crippen LogP contribution is 2.39. The Bertz CT molecular complexity index is 1860. The lowest BCUT2D eigenvalue weighted by Crippen LogP contribution is -2.23. The monoisotopic (exact) mass is 818 g/mol. The van der Waals surface area contributed by atoms with E-state index in [1.807, 2.05) is 6.07 Å². The van der Waals surface area contributed by atoms with Crippen LogP contribution in [0.5, 0.6) is 28.7 Å². The first-order valence-electron chi connectivity index (χ1n) is 22.6. The van der Waals surface area contributed by atoms with Gasteiger partial charge in [-0.2, -0.15) is 0 Å². The topological polar surface area (TPSA) is 108 Å². The first-order chi connectivity index (χ1) is 29.3. The second-order valence-electron chi connectivity index (χ2n) is 16.4. The molecular weight excluding hydrogens is 753 g/mol. The van der Waals surface area contributed by atoms with Gasteiger partial charge in [-0.25, -0.2) is 4.79 Å². The standard InChI is InChI=1S/C52H66O8/c1-3-5-11-17-39-20-22-41(23-21-39)40(16-4-2)26-35-50(54)59-45-29-31-46(32-30-45)60-52(56)43-24-27-44(28-25-43)57-36-14-8-6-7-9-15-37-58-47-33-34-48(49(53)38-47)51(55)42-18-12-10-13-19-42/h10,12-13,18-19,24-25,27-34,38-41,53H,3-9,11,14-17,20-23,26,35-37H2,1-2H3. The zero-order valence-electron chi connectivity index (χ0n) is 35.9. The minimum Gasteiger partial charge on any atom is -0.507 e. The van der Waals surface area contributed by atoms with Crippen LogP contribution in [0.15, 0.2) is 97.1 Å². The van der Waals surface area contributed by atoms with Crippen molar-refractivity contribution in [3.63, 3.8) is 0 Å². The predicted octanol–water partition coefficient (Wildman–Crippen LogP) is 13.1. The van der Waals surface area contributed by atoms with Crippen molar-refractivity contribution in [2.45, 2.75) is 129 Å². The van der Waals surface area contributed by atoms with Gasteiger partial charge in [0, 0.05) is 18.1 Å². The fourth-order valence-corrected chi connectivity index (χ4v) is 8.36. The summed E-state index contributed by atoms with van der Waals surface area (Å²) in [4.78, 5) is 38.2. The van der Waals surface area contributed by atoms with Crippen LogP contribution in [0, 0.1) is 17.8 Å². The van der Waals surface area contributed by atoms with Crippen molar-refractivity contribution in [1.29, 1.82) is 0 Å². The van der Waals surface area contributed by atoms with Crippen molar-refractivity contribution in [1.82, 2.24) is 0 Å². The summed E-state index contributed by atoms with van der Waals surface area (Å²) >= 11 is 0. The van der Waals surface area contributed by atoms with E-state index in [4.69, 9.17) is 18.9 Å². The Balaban J connectivity index is 0.903. The van der Waals surface area contributed by atoms with E-state index < -0.39 is 5.97 Å². The molecule has 322 valence electrons. The molecule has 0 bridgehead atoms. The lowest BCUT2D eigenvalue weighted by molar-refractivity contribution is -0.134. The maximum absolute atomic E-state index is 12.8. The Hall–Kier alpha value is -5.11. The van der Waals surface area contributed by atoms with Crippen molar-refractivity contribution in [2.24, 2.45) is 17.8 Å². The first-order valence-corrected chi connectivity index (χ1v) is 22.6. The van der Waals surface area contributed by atoms with Crippen molar-refractivity contribution in [3.05, 3.63) is 114 Å². The van der Waals surface area contributed by atoms with Crippen LogP contribution < -0.4 is 18.9 Å². The van der Waals surface area contributed by atoms with Crippen LogP contribution in [-0.4, -0.2) is 36.0 Å². The number of phenolic OH excluding ortho intramolecular Hbond substituents is 1. The molecule has 5 rings (SSSR count). The van der Waals surface area contributed by atoms with Gasteiger partial charge in [0.15, 0.2) is 5.78 Å². The fourth-order valence-electron chi connectivity index (χ4n) is 8.36. The van der Waals surface area contributed by atoms with Gasteiger partial charge in [0.05, 0.1) is 24.3 Å². The summed E-state index contributed by atoms with van der Waals surface area (Å²) in [6, 6.07) is 27.3. The van der Waals surface area contributed by atoms with E-state index in [-0.39, 0.29) is 23.1 Å². The van der Waals surface area contributed by atoms with E-state index in [2.05, 4.69) is 13.8 Å². The molecule has 1 unspecified atom stereocenters. The number of ketones is 1. The number of aromatic hydroxyl groups is 1. The highest BCUT2D eigenvalue weighted by molar-refractivity contribution is 6.10. The highest BCUT2D eigenvalue weighted by atomic mass is 16.5. The van der Waals surface area contributed by atoms with Gasteiger partial charge < -0.3 is 24.1 Å². The van der Waals surface area contributed by atoms with Crippen molar-refractivity contribution in [2.75, 3.05) is 13.2 Å². The molecule has 4 aromatic carbocycles. The molecule has 0 heterocycles. The molecule has 0 aliphatic heterocycles. The SMILES string of the molecule is CCCCCC1CCC(C(CCC)CCC(=O)Oc2ccc(OC(=O)c3ccc(OCCCCCCCCOc4ccc(C(=O)c5ccccc5)c(O)c4)cc3)cc2)CC1. The first kappa shape index (κ1) is 46.0. The molecule has 0 radical (unpaired) electrons. The lowest BCUT2D eigenvalue weighted by atomic mass is 9.72. The number of phenols is 1. The molecule has 0 saturated heterocycles. The number of hydrogen-bond acceptors (Lipinski definition) is 8. The molecule has 1 atom stereocenters. The summed E-state index contributed by atoms with van der Waals surface area (Å²) in [7, 11) is 0. The largest absolute Gasteiger partial charge is 0.507 e. The maximum atomic E-state index is 12.8. The van der Waals surface area contributed by atoms with Crippen molar-refractivity contribution < 1.29 is 38.4 Å². The summed E-state index contributed by atoms with van der Waals surface area (Å²) < 4.78 is 22.9. The summed E-state index contributed by atoms with van der Waals surface area (Å²) in [5.74, 6) is 3.29. The van der Waals surface area contributed by atoms with Gasteiger partial charge in [-0.05, 0) is 111 Å². The molecule has 1 fully saturated rings. The summed E-state index contributed by atoms with van der Waals surface area (Å²) in [6.45, 7) is 5.65. The third-order valence-electron chi connectivity index (χ3n) is 11.8. The van der Waals surface area contributed by atoms with Crippen LogP contribution >= 0.6 is 0 Å². The van der Waals surface area contributed by atoms with Crippen LogP contribution in [0.25, 0.3) is 0 Å². The molecule has 8 heteroatoms. The maximum Gasteiger partial charge on any atom is 0.343 e. The number of benzene rings is 4. The van der Waals surface area contributed by atoms with Crippen LogP contribution in [0.2, 0.25) is 0 Å². The molecule has 1 aliphatic rings. The highest BCUT2D eigenvalue weighted by Gasteiger charge is 2.27. The number of rotatable bonds is 26. The summed E-state index contributed by atoms with van der Waals surface area (Å²) in [6.07, 6.45) is 20.4. The van der Waals surface area contributed by atoms with E-state index in [1.54, 1.807) is 84.9 Å². The zero-order chi connectivity index (χ0) is 42.4. The molecule has 1 N–H and O–H groups in total. The Morgan fingerprint density at radius 1 is 0.600 bits per heavy atom. The number of carbonyl (C=O) groups is 3. The molecule has 8 nitrogen and oxygen atoms in total. The van der Waals surface area contributed by atoms with E-state index in [9.17, 15) is 19.5 Å². The number of esters is 2. The molecule has 0 aromatic heterocycles.